The monoisotopic (exact) mass is 373 g/mol. The number of hydrogen-bond donors (Lipinski definition) is 0. The average Bonchev–Trinajstić information content (AvgIpc) is 3.03. The molecule has 0 aromatic heterocycles. The molecule has 5 heteroatoms. The molecular weight excluding hydrogens is 354 g/mol. The Morgan fingerprint density at radius 3 is 2.30 bits per heavy atom. The molecule has 1 aliphatic carbocycles. The lowest BCUT2D eigenvalue weighted by Crippen LogP contribution is -2.40. The van der Waals surface area contributed by atoms with E-state index in [-0.39, 0.29) is 11.9 Å². The Hall–Kier alpha value is -2.76. The summed E-state index contributed by atoms with van der Waals surface area (Å²) in [5.41, 5.74) is 2.15. The van der Waals surface area contributed by atoms with Gasteiger partial charge in [0.25, 0.3) is 5.91 Å². The van der Waals surface area contributed by atoms with E-state index in [9.17, 15) is 15.3 Å². The van der Waals surface area contributed by atoms with Crippen LogP contribution in [0.25, 0.3) is 0 Å². The van der Waals surface area contributed by atoms with Crippen LogP contribution in [0.1, 0.15) is 60.0 Å². The van der Waals surface area contributed by atoms with Crippen LogP contribution >= 0.6 is 11.8 Å². The molecule has 0 radical (unpaired) electrons. The standard InChI is InChI=1S/C22H19N3OS/c23-13-15-11-19-21(12-16(15)14-24)27-20-10-6-5-9-18(20)22(26)25(19)17-7-3-1-2-4-8-17/h5-6,9-12,17H,1-4,7-8H2. The lowest BCUT2D eigenvalue weighted by Gasteiger charge is -2.31. The van der Waals surface area contributed by atoms with E-state index in [0.29, 0.717) is 16.7 Å². The molecule has 2 aromatic rings. The zero-order chi connectivity index (χ0) is 18.8. The normalized spacial score (nSPS) is 17.1. The fourth-order valence-electron chi connectivity index (χ4n) is 3.99. The Labute approximate surface area is 163 Å². The van der Waals surface area contributed by atoms with Gasteiger partial charge in [-0.1, -0.05) is 49.6 Å². The Bertz CT molecular complexity index is 978. The van der Waals surface area contributed by atoms with Gasteiger partial charge in [-0.25, -0.2) is 0 Å². The zero-order valence-electron chi connectivity index (χ0n) is 14.9. The first-order valence-electron chi connectivity index (χ1n) is 9.31. The number of amides is 1. The number of fused-ring (bicyclic) bond motifs is 2. The minimum Gasteiger partial charge on any atom is -0.304 e. The van der Waals surface area contributed by atoms with Gasteiger partial charge in [-0.3, -0.25) is 4.79 Å². The molecule has 4 rings (SSSR count). The third kappa shape index (κ3) is 3.20. The molecule has 134 valence electrons. The van der Waals surface area contributed by atoms with E-state index in [1.165, 1.54) is 24.6 Å². The maximum Gasteiger partial charge on any atom is 0.259 e. The van der Waals surface area contributed by atoms with Gasteiger partial charge in [0.2, 0.25) is 0 Å². The number of hydrogen-bond acceptors (Lipinski definition) is 4. The van der Waals surface area contributed by atoms with Crippen LogP contribution < -0.4 is 4.90 Å². The number of nitrogens with zero attached hydrogens (tertiary/aromatic N) is 3. The van der Waals surface area contributed by atoms with Crippen molar-refractivity contribution in [2.75, 3.05) is 4.90 Å². The van der Waals surface area contributed by atoms with Crippen molar-refractivity contribution in [1.29, 1.82) is 10.5 Å². The van der Waals surface area contributed by atoms with Gasteiger partial charge in [0.05, 0.1) is 22.4 Å². The molecule has 0 atom stereocenters. The lowest BCUT2D eigenvalue weighted by atomic mass is 10.0. The molecule has 0 saturated heterocycles. The maximum atomic E-state index is 13.5. The van der Waals surface area contributed by atoms with Crippen LogP contribution in [0.4, 0.5) is 5.69 Å². The number of carbonyl (C=O) groups excluding carboxylic acids is 1. The first kappa shape index (κ1) is 17.6. The second-order valence-corrected chi connectivity index (χ2v) is 8.09. The van der Waals surface area contributed by atoms with Gasteiger partial charge in [0.1, 0.15) is 12.1 Å². The molecule has 0 spiro atoms. The fraction of sp³-hybridized carbons (Fsp3) is 0.318. The van der Waals surface area contributed by atoms with Crippen LogP contribution in [0.3, 0.4) is 0 Å². The molecule has 0 bridgehead atoms. The predicted molar refractivity (Wildman–Crippen MR) is 105 cm³/mol. The Morgan fingerprint density at radius 2 is 1.59 bits per heavy atom. The first-order valence-corrected chi connectivity index (χ1v) is 10.1. The van der Waals surface area contributed by atoms with Gasteiger partial charge in [-0.15, -0.1) is 0 Å². The van der Waals surface area contributed by atoms with Gasteiger partial charge in [-0.2, -0.15) is 10.5 Å². The number of carbonyl (C=O) groups is 1. The van der Waals surface area contributed by atoms with Crippen LogP contribution in [-0.4, -0.2) is 11.9 Å². The summed E-state index contributed by atoms with van der Waals surface area (Å²) in [5, 5.41) is 18.9. The Kier molecular flexibility index (Phi) is 4.88. The predicted octanol–water partition coefficient (Wildman–Crippen LogP) is 5.26. The van der Waals surface area contributed by atoms with E-state index in [1.54, 1.807) is 12.1 Å². The van der Waals surface area contributed by atoms with Crippen LogP contribution in [0.15, 0.2) is 46.2 Å². The molecule has 4 nitrogen and oxygen atoms in total. The van der Waals surface area contributed by atoms with E-state index >= 15 is 0 Å². The minimum absolute atomic E-state index is 0.00246. The summed E-state index contributed by atoms with van der Waals surface area (Å²) in [4.78, 5) is 17.2. The number of anilines is 1. The van der Waals surface area contributed by atoms with Crippen LogP contribution in [0.5, 0.6) is 0 Å². The summed E-state index contributed by atoms with van der Waals surface area (Å²) in [6.45, 7) is 0. The molecule has 1 heterocycles. The van der Waals surface area contributed by atoms with Crippen molar-refractivity contribution < 1.29 is 4.79 Å². The zero-order valence-corrected chi connectivity index (χ0v) is 15.8. The highest BCUT2D eigenvalue weighted by atomic mass is 32.2. The summed E-state index contributed by atoms with van der Waals surface area (Å²) < 4.78 is 0. The van der Waals surface area contributed by atoms with Gasteiger partial charge < -0.3 is 4.90 Å². The van der Waals surface area contributed by atoms with E-state index in [2.05, 4.69) is 12.1 Å². The molecule has 1 amide bonds. The SMILES string of the molecule is N#Cc1cc2c(cc1C#N)N(C1CCCCCC1)C(=O)c1ccccc1S2. The fourth-order valence-corrected chi connectivity index (χ4v) is 5.08. The Balaban J connectivity index is 1.92. The number of rotatable bonds is 1. The largest absolute Gasteiger partial charge is 0.304 e. The minimum atomic E-state index is -0.00246. The lowest BCUT2D eigenvalue weighted by molar-refractivity contribution is 0.0971. The highest BCUT2D eigenvalue weighted by Crippen LogP contribution is 2.44. The molecule has 2 aromatic carbocycles. The third-order valence-electron chi connectivity index (χ3n) is 5.35. The van der Waals surface area contributed by atoms with Gasteiger partial charge in [0, 0.05) is 15.8 Å². The van der Waals surface area contributed by atoms with Crippen molar-refractivity contribution in [2.24, 2.45) is 0 Å². The second kappa shape index (κ2) is 7.47. The average molecular weight is 373 g/mol. The molecule has 0 unspecified atom stereocenters. The molecular formula is C22H19N3OS. The Morgan fingerprint density at radius 1 is 0.926 bits per heavy atom. The summed E-state index contributed by atoms with van der Waals surface area (Å²) in [5.74, 6) is -0.00246. The second-order valence-electron chi connectivity index (χ2n) is 7.01. The van der Waals surface area contributed by atoms with Gasteiger partial charge in [0.15, 0.2) is 0 Å². The summed E-state index contributed by atoms with van der Waals surface area (Å²) in [6, 6.07) is 15.5. The van der Waals surface area contributed by atoms with E-state index in [1.807, 2.05) is 29.2 Å². The van der Waals surface area contributed by atoms with Crippen LogP contribution in [0, 0.1) is 22.7 Å². The summed E-state index contributed by atoms with van der Waals surface area (Å²) in [7, 11) is 0. The highest BCUT2D eigenvalue weighted by molar-refractivity contribution is 7.99. The molecule has 1 aliphatic heterocycles. The maximum absolute atomic E-state index is 13.5. The van der Waals surface area contributed by atoms with Crippen molar-refractivity contribution in [3.8, 4) is 12.1 Å². The van der Waals surface area contributed by atoms with Crippen LogP contribution in [-0.2, 0) is 0 Å². The van der Waals surface area contributed by atoms with E-state index < -0.39 is 0 Å². The summed E-state index contributed by atoms with van der Waals surface area (Å²) >= 11 is 1.51. The van der Waals surface area contributed by atoms with Crippen molar-refractivity contribution in [1.82, 2.24) is 0 Å². The van der Waals surface area contributed by atoms with Gasteiger partial charge >= 0.3 is 0 Å². The molecule has 27 heavy (non-hydrogen) atoms. The van der Waals surface area contributed by atoms with E-state index in [4.69, 9.17) is 0 Å². The number of benzene rings is 2. The summed E-state index contributed by atoms with van der Waals surface area (Å²) in [6.07, 6.45) is 6.57. The van der Waals surface area contributed by atoms with E-state index in [0.717, 1.165) is 41.2 Å². The van der Waals surface area contributed by atoms with Crippen molar-refractivity contribution in [2.45, 2.75) is 54.4 Å². The third-order valence-corrected chi connectivity index (χ3v) is 6.47. The smallest absolute Gasteiger partial charge is 0.259 e. The van der Waals surface area contributed by atoms with Crippen molar-refractivity contribution in [3.05, 3.63) is 53.1 Å². The van der Waals surface area contributed by atoms with Crippen LogP contribution in [0.2, 0.25) is 0 Å². The molecule has 2 aliphatic rings. The van der Waals surface area contributed by atoms with Crippen molar-refractivity contribution >= 4 is 23.4 Å². The number of nitriles is 2. The van der Waals surface area contributed by atoms with Crippen molar-refractivity contribution in [3.63, 3.8) is 0 Å². The van der Waals surface area contributed by atoms with Gasteiger partial charge in [-0.05, 0) is 37.1 Å². The quantitative estimate of drug-likeness (QED) is 0.639. The topological polar surface area (TPSA) is 67.9 Å². The molecule has 1 fully saturated rings. The first-order chi connectivity index (χ1) is 13.2. The molecule has 1 saturated carbocycles. The molecule has 0 N–H and O–H groups in total. The highest BCUT2D eigenvalue weighted by Gasteiger charge is 2.33.